The Labute approximate surface area is 164 Å². The number of aryl methyl sites for hydroxylation is 1. The fraction of sp³-hybridized carbons (Fsp3) is 0.0833. The molecule has 0 aliphatic heterocycles. The van der Waals surface area contributed by atoms with Gasteiger partial charge in [0.1, 0.15) is 0 Å². The average molecular weight is 385 g/mol. The van der Waals surface area contributed by atoms with E-state index < -0.39 is 9.84 Å². The molecule has 0 amide bonds. The van der Waals surface area contributed by atoms with Gasteiger partial charge in [-0.15, -0.1) is 0 Å². The molecule has 0 aliphatic rings. The van der Waals surface area contributed by atoms with Gasteiger partial charge < -0.3 is 4.40 Å². The maximum absolute atomic E-state index is 11.9. The van der Waals surface area contributed by atoms with Gasteiger partial charge in [0, 0.05) is 28.8 Å². The van der Waals surface area contributed by atoms with Crippen molar-refractivity contribution < 1.29 is 8.42 Å². The maximum atomic E-state index is 11.9. The van der Waals surface area contributed by atoms with Gasteiger partial charge in [-0.05, 0) is 36.2 Å². The minimum absolute atomic E-state index is 0.338. The van der Waals surface area contributed by atoms with Crippen molar-refractivity contribution in [3.05, 3.63) is 84.6 Å². The number of nitrogens with zero attached hydrogens (tertiary/aromatic N) is 1. The zero-order valence-corrected chi connectivity index (χ0v) is 16.5. The number of hydrogen-bond acceptors (Lipinski definition) is 2. The van der Waals surface area contributed by atoms with Crippen LogP contribution >= 0.6 is 0 Å². The Kier molecular flexibility index (Phi) is 3.61. The van der Waals surface area contributed by atoms with Crippen LogP contribution < -0.4 is 0 Å². The van der Waals surface area contributed by atoms with Crippen LogP contribution in [0, 0.1) is 6.92 Å². The predicted molar refractivity (Wildman–Crippen MR) is 115 cm³/mol. The lowest BCUT2D eigenvalue weighted by Gasteiger charge is -2.09. The second kappa shape index (κ2) is 5.94. The summed E-state index contributed by atoms with van der Waals surface area (Å²) in [7, 11) is -3.22. The molecule has 138 valence electrons. The maximum Gasteiger partial charge on any atom is 0.175 e. The molecule has 0 atom stereocenters. The zero-order chi connectivity index (χ0) is 19.5. The van der Waals surface area contributed by atoms with Gasteiger partial charge in [0.05, 0.1) is 16.1 Å². The van der Waals surface area contributed by atoms with Gasteiger partial charge >= 0.3 is 0 Å². The molecule has 0 unspecified atom stereocenters. The lowest BCUT2D eigenvalue weighted by molar-refractivity contribution is 0.602. The first-order chi connectivity index (χ1) is 13.4. The van der Waals surface area contributed by atoms with Gasteiger partial charge in [-0.2, -0.15) is 0 Å². The SMILES string of the molecule is Cc1ccc(-c2c(-c3ccc(S(C)(=O)=O)cc3)c3cccc4ccn2c43)cc1. The summed E-state index contributed by atoms with van der Waals surface area (Å²) in [5.41, 5.74) is 6.82. The summed E-state index contributed by atoms with van der Waals surface area (Å²) in [5, 5.41) is 2.37. The van der Waals surface area contributed by atoms with Crippen LogP contribution in [0.2, 0.25) is 0 Å². The number of sulfone groups is 1. The highest BCUT2D eigenvalue weighted by molar-refractivity contribution is 7.90. The molecule has 5 rings (SSSR count). The first kappa shape index (κ1) is 17.0. The lowest BCUT2D eigenvalue weighted by Crippen LogP contribution is -1.96. The van der Waals surface area contributed by atoms with Crippen LogP contribution in [-0.4, -0.2) is 19.1 Å². The Bertz CT molecular complexity index is 1410. The van der Waals surface area contributed by atoms with E-state index in [1.807, 2.05) is 12.1 Å². The van der Waals surface area contributed by atoms with Crippen LogP contribution in [-0.2, 0) is 9.84 Å². The second-order valence-corrected chi connectivity index (χ2v) is 9.33. The topological polar surface area (TPSA) is 38.5 Å². The van der Waals surface area contributed by atoms with E-state index in [1.165, 1.54) is 28.1 Å². The van der Waals surface area contributed by atoms with Crippen molar-refractivity contribution in [2.75, 3.05) is 6.26 Å². The van der Waals surface area contributed by atoms with Crippen LogP contribution in [0.3, 0.4) is 0 Å². The van der Waals surface area contributed by atoms with Crippen LogP contribution in [0.4, 0.5) is 0 Å². The Morgan fingerprint density at radius 3 is 2.14 bits per heavy atom. The molecule has 0 spiro atoms. The average Bonchev–Trinajstić information content (AvgIpc) is 3.25. The molecular formula is C24H19NO2S. The first-order valence-corrected chi connectivity index (χ1v) is 11.1. The second-order valence-electron chi connectivity index (χ2n) is 7.32. The van der Waals surface area contributed by atoms with Gasteiger partial charge in [-0.1, -0.05) is 60.2 Å². The lowest BCUT2D eigenvalue weighted by atomic mass is 9.97. The van der Waals surface area contributed by atoms with Crippen LogP contribution in [0.1, 0.15) is 5.56 Å². The molecule has 0 aliphatic carbocycles. The summed E-state index contributed by atoms with van der Waals surface area (Å²) in [6, 6.07) is 24.2. The number of aromatic nitrogens is 1. The van der Waals surface area contributed by atoms with E-state index in [0.29, 0.717) is 4.90 Å². The summed E-state index contributed by atoms with van der Waals surface area (Å²) in [4.78, 5) is 0.338. The van der Waals surface area contributed by atoms with E-state index in [0.717, 1.165) is 22.4 Å². The molecule has 3 aromatic carbocycles. The van der Waals surface area contributed by atoms with Crippen LogP contribution in [0.25, 0.3) is 38.7 Å². The highest BCUT2D eigenvalue weighted by Crippen LogP contribution is 2.42. The molecule has 0 bridgehead atoms. The third kappa shape index (κ3) is 2.53. The smallest absolute Gasteiger partial charge is 0.175 e. The van der Waals surface area contributed by atoms with Gasteiger partial charge in [0.2, 0.25) is 0 Å². The molecule has 4 heteroatoms. The Morgan fingerprint density at radius 1 is 0.786 bits per heavy atom. The summed E-state index contributed by atoms with van der Waals surface area (Å²) in [6.45, 7) is 2.08. The monoisotopic (exact) mass is 385 g/mol. The predicted octanol–water partition coefficient (Wildman–Crippen LogP) is 5.58. The standard InChI is InChI=1S/C24H19NO2S/c1-16-6-8-19(9-7-16)24-22(17-10-12-20(13-11-17)28(2,26)27)21-5-3-4-18-14-15-25(24)23(18)21/h3-15H,1-2H3. The van der Waals surface area contributed by atoms with Gasteiger partial charge in [0.15, 0.2) is 9.84 Å². The van der Waals surface area contributed by atoms with Crippen molar-refractivity contribution in [2.24, 2.45) is 0 Å². The third-order valence-corrected chi connectivity index (χ3v) is 6.48. The number of benzene rings is 3. The molecule has 5 aromatic rings. The number of rotatable bonds is 3. The normalized spacial score (nSPS) is 12.2. The van der Waals surface area contributed by atoms with Crippen molar-refractivity contribution in [1.82, 2.24) is 4.40 Å². The molecule has 0 saturated carbocycles. The summed E-state index contributed by atoms with van der Waals surface area (Å²) in [5.74, 6) is 0. The summed E-state index contributed by atoms with van der Waals surface area (Å²) >= 11 is 0. The quantitative estimate of drug-likeness (QED) is 0.407. The highest BCUT2D eigenvalue weighted by atomic mass is 32.2. The molecule has 2 heterocycles. The van der Waals surface area contributed by atoms with Crippen LogP contribution in [0.5, 0.6) is 0 Å². The van der Waals surface area contributed by atoms with Gasteiger partial charge in [-0.25, -0.2) is 8.42 Å². The van der Waals surface area contributed by atoms with E-state index >= 15 is 0 Å². The van der Waals surface area contributed by atoms with E-state index in [2.05, 4.69) is 66.1 Å². The van der Waals surface area contributed by atoms with Crippen molar-refractivity contribution in [1.29, 1.82) is 0 Å². The molecule has 2 aromatic heterocycles. The summed E-state index contributed by atoms with van der Waals surface area (Å²) in [6.07, 6.45) is 3.35. The highest BCUT2D eigenvalue weighted by Gasteiger charge is 2.20. The minimum Gasteiger partial charge on any atom is -0.315 e. The van der Waals surface area contributed by atoms with Gasteiger partial charge in [-0.3, -0.25) is 0 Å². The van der Waals surface area contributed by atoms with E-state index in [9.17, 15) is 8.42 Å². The Balaban J connectivity index is 1.85. The third-order valence-electron chi connectivity index (χ3n) is 5.35. The molecular weight excluding hydrogens is 366 g/mol. The van der Waals surface area contributed by atoms with Crippen molar-refractivity contribution in [2.45, 2.75) is 11.8 Å². The molecule has 0 saturated heterocycles. The number of hydrogen-bond donors (Lipinski definition) is 0. The minimum atomic E-state index is -3.22. The fourth-order valence-corrected chi connectivity index (χ4v) is 4.62. The molecule has 0 fully saturated rings. The van der Waals surface area contributed by atoms with E-state index in [-0.39, 0.29) is 0 Å². The first-order valence-electron chi connectivity index (χ1n) is 9.16. The van der Waals surface area contributed by atoms with Crippen molar-refractivity contribution in [3.8, 4) is 22.4 Å². The largest absolute Gasteiger partial charge is 0.315 e. The molecule has 0 N–H and O–H groups in total. The zero-order valence-electron chi connectivity index (χ0n) is 15.7. The Morgan fingerprint density at radius 2 is 1.46 bits per heavy atom. The van der Waals surface area contributed by atoms with Crippen molar-refractivity contribution >= 4 is 26.1 Å². The molecule has 3 nitrogen and oxygen atoms in total. The van der Waals surface area contributed by atoms with Gasteiger partial charge in [0.25, 0.3) is 0 Å². The molecule has 0 radical (unpaired) electrons. The van der Waals surface area contributed by atoms with Crippen molar-refractivity contribution in [3.63, 3.8) is 0 Å². The fourth-order valence-electron chi connectivity index (χ4n) is 3.99. The number of para-hydroxylation sites is 1. The van der Waals surface area contributed by atoms with Crippen LogP contribution in [0.15, 0.2) is 83.9 Å². The van der Waals surface area contributed by atoms with E-state index in [4.69, 9.17) is 0 Å². The Hall–Kier alpha value is -3.11. The van der Waals surface area contributed by atoms with E-state index in [1.54, 1.807) is 12.1 Å². The molecule has 28 heavy (non-hydrogen) atoms. The summed E-state index contributed by atoms with van der Waals surface area (Å²) < 4.78 is 26.0.